The van der Waals surface area contributed by atoms with Crippen molar-refractivity contribution in [3.8, 4) is 23.3 Å². The van der Waals surface area contributed by atoms with Crippen LogP contribution in [-0.4, -0.2) is 54.5 Å². The molecule has 188 valence electrons. The fraction of sp³-hybridized carbons (Fsp3) is 0.333. The number of pyridine rings is 1. The van der Waals surface area contributed by atoms with Gasteiger partial charge in [-0.3, -0.25) is 9.78 Å². The summed E-state index contributed by atoms with van der Waals surface area (Å²) in [6, 6.07) is 11.1. The van der Waals surface area contributed by atoms with Gasteiger partial charge < -0.3 is 14.2 Å². The Morgan fingerprint density at radius 3 is 2.76 bits per heavy atom. The van der Waals surface area contributed by atoms with Crippen LogP contribution in [0.2, 0.25) is 5.02 Å². The number of carbonyl (C=O) groups is 1. The molecule has 0 radical (unpaired) electrons. The maximum absolute atomic E-state index is 12.8. The van der Waals surface area contributed by atoms with E-state index >= 15 is 0 Å². The third kappa shape index (κ3) is 5.11. The zero-order chi connectivity index (χ0) is 26.2. The van der Waals surface area contributed by atoms with Gasteiger partial charge in [-0.25, -0.2) is 9.97 Å². The van der Waals surface area contributed by atoms with Gasteiger partial charge in [-0.05, 0) is 62.6 Å². The van der Waals surface area contributed by atoms with Crippen molar-refractivity contribution in [2.24, 2.45) is 0 Å². The van der Waals surface area contributed by atoms with Crippen molar-refractivity contribution in [2.45, 2.75) is 45.3 Å². The molecule has 1 fully saturated rings. The van der Waals surface area contributed by atoms with Gasteiger partial charge in [0, 0.05) is 30.9 Å². The number of halogens is 1. The third-order valence-electron chi connectivity index (χ3n) is 6.45. The minimum atomic E-state index is -0.236. The molecule has 0 N–H and O–H groups in total. The van der Waals surface area contributed by atoms with Crippen LogP contribution in [0.1, 0.15) is 47.8 Å². The van der Waals surface area contributed by atoms with Crippen molar-refractivity contribution in [3.05, 3.63) is 64.7 Å². The number of rotatable bonds is 8. The van der Waals surface area contributed by atoms with Crippen LogP contribution in [-0.2, 0) is 6.54 Å². The van der Waals surface area contributed by atoms with E-state index in [4.69, 9.17) is 26.6 Å². The summed E-state index contributed by atoms with van der Waals surface area (Å²) in [5.41, 5.74) is 3.94. The molecule has 1 aliphatic carbocycles. The smallest absolute Gasteiger partial charge is 0.253 e. The van der Waals surface area contributed by atoms with Crippen molar-refractivity contribution in [1.82, 2.24) is 29.4 Å². The second-order valence-corrected chi connectivity index (χ2v) is 9.99. The number of nitriles is 1. The summed E-state index contributed by atoms with van der Waals surface area (Å²) in [6.07, 6.45) is 5.44. The number of fused-ring (bicyclic) bond motifs is 1. The topological polar surface area (TPSA) is 110 Å². The zero-order valence-corrected chi connectivity index (χ0v) is 21.7. The summed E-state index contributed by atoms with van der Waals surface area (Å²) in [5.74, 6) is 0.802. The molecule has 1 aliphatic rings. The van der Waals surface area contributed by atoms with Gasteiger partial charge in [0.05, 0.1) is 29.8 Å². The van der Waals surface area contributed by atoms with E-state index in [-0.39, 0.29) is 17.9 Å². The second-order valence-electron chi connectivity index (χ2n) is 9.58. The highest BCUT2D eigenvalue weighted by Gasteiger charge is 2.41. The van der Waals surface area contributed by atoms with E-state index in [1.165, 1.54) is 11.2 Å². The molecule has 0 atom stereocenters. The van der Waals surface area contributed by atoms with Crippen molar-refractivity contribution >= 4 is 28.7 Å². The lowest BCUT2D eigenvalue weighted by Gasteiger charge is -2.16. The highest BCUT2D eigenvalue weighted by atomic mass is 35.5. The minimum Gasteiger partial charge on any atom is -0.470 e. The molecular weight excluding hydrogens is 490 g/mol. The lowest BCUT2D eigenvalue weighted by atomic mass is 10.1. The number of aromatic nitrogens is 5. The molecule has 37 heavy (non-hydrogen) atoms. The number of carbonyl (C=O) groups excluding carboxylic acids is 1. The van der Waals surface area contributed by atoms with Gasteiger partial charge in [0.25, 0.3) is 5.91 Å². The molecule has 9 nitrogen and oxygen atoms in total. The highest BCUT2D eigenvalue weighted by Crippen LogP contribution is 2.41. The standard InChI is InChI=1S/C27H26ClN7O2/c1-17-7-11-30-19(13-17)15-35-23(33-22-24(35)31-16-32-25(22)37-27(2)8-9-27)20-6-5-18(14-21(20)28)26(36)34(3)12-4-10-29/h5-7,11,13-14,16H,4,8-9,12,15H2,1-3H3. The van der Waals surface area contributed by atoms with Gasteiger partial charge in [0.2, 0.25) is 5.88 Å². The molecule has 1 saturated carbocycles. The van der Waals surface area contributed by atoms with Gasteiger partial charge in [-0.2, -0.15) is 10.2 Å². The first kappa shape index (κ1) is 24.7. The van der Waals surface area contributed by atoms with E-state index in [1.807, 2.05) is 23.6 Å². The Bertz CT molecular complexity index is 1540. The first-order valence-corrected chi connectivity index (χ1v) is 12.4. The van der Waals surface area contributed by atoms with Crippen molar-refractivity contribution in [1.29, 1.82) is 5.26 Å². The van der Waals surface area contributed by atoms with Crippen LogP contribution < -0.4 is 4.74 Å². The first-order valence-electron chi connectivity index (χ1n) is 12.0. The quantitative estimate of drug-likeness (QED) is 0.331. The Morgan fingerprint density at radius 2 is 2.05 bits per heavy atom. The first-order chi connectivity index (χ1) is 17.8. The Labute approximate surface area is 219 Å². The molecule has 1 amide bonds. The van der Waals surface area contributed by atoms with Crippen LogP contribution in [0.5, 0.6) is 5.88 Å². The Kier molecular flexibility index (Phi) is 6.52. The molecule has 10 heteroatoms. The van der Waals surface area contributed by atoms with Gasteiger partial charge in [0.1, 0.15) is 17.8 Å². The lowest BCUT2D eigenvalue weighted by molar-refractivity contribution is 0.0798. The van der Waals surface area contributed by atoms with Crippen LogP contribution in [0.25, 0.3) is 22.6 Å². The van der Waals surface area contributed by atoms with Crippen LogP contribution >= 0.6 is 11.6 Å². The number of imidazole rings is 1. The Balaban J connectivity index is 1.59. The Hall–Kier alpha value is -4.03. The molecule has 0 bridgehead atoms. The molecule has 1 aromatic carbocycles. The summed E-state index contributed by atoms with van der Waals surface area (Å²) in [4.78, 5) is 32.6. The predicted molar refractivity (Wildman–Crippen MR) is 139 cm³/mol. The fourth-order valence-corrected chi connectivity index (χ4v) is 4.34. The molecule has 3 heterocycles. The van der Waals surface area contributed by atoms with E-state index in [9.17, 15) is 4.79 Å². The largest absolute Gasteiger partial charge is 0.470 e. The molecule has 0 spiro atoms. The number of hydrogen-bond acceptors (Lipinski definition) is 7. The minimum absolute atomic E-state index is 0.208. The normalized spacial score (nSPS) is 13.8. The number of hydrogen-bond donors (Lipinski definition) is 0. The molecule has 0 aliphatic heterocycles. The SMILES string of the molecule is Cc1ccnc(Cn2c(-c3ccc(C(=O)N(C)CCC#N)cc3Cl)nc3c(OC4(C)CC4)ncnc32)c1. The van der Waals surface area contributed by atoms with Crippen molar-refractivity contribution in [3.63, 3.8) is 0 Å². The molecule has 5 rings (SSSR count). The average molecular weight is 516 g/mol. The summed E-state index contributed by atoms with van der Waals surface area (Å²) >= 11 is 6.74. The molecule has 3 aromatic heterocycles. The fourth-order valence-electron chi connectivity index (χ4n) is 4.07. The van der Waals surface area contributed by atoms with Crippen LogP contribution in [0.3, 0.4) is 0 Å². The average Bonchev–Trinajstić information content (AvgIpc) is 3.50. The van der Waals surface area contributed by atoms with Gasteiger partial charge in [-0.15, -0.1) is 0 Å². The molecular formula is C27H26ClN7O2. The van der Waals surface area contributed by atoms with E-state index in [2.05, 4.69) is 27.9 Å². The van der Waals surface area contributed by atoms with E-state index in [0.29, 0.717) is 52.1 Å². The van der Waals surface area contributed by atoms with Gasteiger partial charge in [-0.1, -0.05) is 11.6 Å². The third-order valence-corrected chi connectivity index (χ3v) is 6.76. The monoisotopic (exact) mass is 515 g/mol. The predicted octanol–water partition coefficient (Wildman–Crippen LogP) is 4.82. The number of aryl methyl sites for hydroxylation is 1. The van der Waals surface area contributed by atoms with Gasteiger partial charge >= 0.3 is 0 Å². The van der Waals surface area contributed by atoms with Crippen LogP contribution in [0, 0.1) is 18.3 Å². The van der Waals surface area contributed by atoms with E-state index in [0.717, 1.165) is 24.1 Å². The highest BCUT2D eigenvalue weighted by molar-refractivity contribution is 6.33. The van der Waals surface area contributed by atoms with Crippen LogP contribution in [0.4, 0.5) is 0 Å². The number of ether oxygens (including phenoxy) is 1. The maximum atomic E-state index is 12.8. The Morgan fingerprint density at radius 1 is 1.24 bits per heavy atom. The van der Waals surface area contributed by atoms with Crippen LogP contribution in [0.15, 0.2) is 42.9 Å². The maximum Gasteiger partial charge on any atom is 0.253 e. The molecule has 0 unspecified atom stereocenters. The zero-order valence-electron chi connectivity index (χ0n) is 20.9. The number of benzene rings is 1. The molecule has 0 saturated heterocycles. The lowest BCUT2D eigenvalue weighted by Crippen LogP contribution is -2.27. The van der Waals surface area contributed by atoms with E-state index < -0.39 is 0 Å². The number of nitrogens with zero attached hydrogens (tertiary/aromatic N) is 7. The summed E-state index contributed by atoms with van der Waals surface area (Å²) in [6.45, 7) is 4.82. The summed E-state index contributed by atoms with van der Waals surface area (Å²) in [5, 5.41) is 9.20. The number of amides is 1. The van der Waals surface area contributed by atoms with Gasteiger partial charge in [0.15, 0.2) is 11.2 Å². The van der Waals surface area contributed by atoms with E-state index in [1.54, 1.807) is 31.4 Å². The van der Waals surface area contributed by atoms with Crippen molar-refractivity contribution < 1.29 is 9.53 Å². The van der Waals surface area contributed by atoms with Crippen molar-refractivity contribution in [2.75, 3.05) is 13.6 Å². The second kappa shape index (κ2) is 9.79. The summed E-state index contributed by atoms with van der Waals surface area (Å²) < 4.78 is 8.14. The molecule has 4 aromatic rings. The summed E-state index contributed by atoms with van der Waals surface area (Å²) in [7, 11) is 1.66.